The standard InChI is InChI=1S/C21H21FN2O4/c1-12-9-13(2)19(14(3)10-12)26-11-18(25)27-15(4)20-23-24-21(28-20)16-5-7-17(22)8-6-16/h5-10,15H,11H2,1-4H3/t15-/m0/s1. The van der Waals surface area contributed by atoms with Crippen LogP contribution in [0.5, 0.6) is 5.75 Å². The van der Waals surface area contributed by atoms with Crippen molar-refractivity contribution in [2.75, 3.05) is 6.61 Å². The van der Waals surface area contributed by atoms with Crippen molar-refractivity contribution in [3.63, 3.8) is 0 Å². The van der Waals surface area contributed by atoms with E-state index in [0.29, 0.717) is 11.3 Å². The Morgan fingerprint density at radius 1 is 1.11 bits per heavy atom. The Labute approximate surface area is 162 Å². The number of carbonyl (C=O) groups excluding carboxylic acids is 1. The molecule has 0 amide bonds. The van der Waals surface area contributed by atoms with Gasteiger partial charge in [0.15, 0.2) is 12.7 Å². The molecule has 28 heavy (non-hydrogen) atoms. The lowest BCUT2D eigenvalue weighted by molar-refractivity contribution is -0.152. The third-order valence-corrected chi connectivity index (χ3v) is 4.13. The quantitative estimate of drug-likeness (QED) is 0.583. The minimum absolute atomic E-state index is 0.148. The van der Waals surface area contributed by atoms with Crippen molar-refractivity contribution < 1.29 is 23.1 Å². The summed E-state index contributed by atoms with van der Waals surface area (Å²) in [5, 5.41) is 7.80. The fourth-order valence-electron chi connectivity index (χ4n) is 2.92. The molecule has 3 rings (SSSR count). The van der Waals surface area contributed by atoms with Crippen molar-refractivity contribution in [3.05, 3.63) is 64.8 Å². The van der Waals surface area contributed by atoms with E-state index in [4.69, 9.17) is 13.9 Å². The summed E-state index contributed by atoms with van der Waals surface area (Å²) >= 11 is 0. The van der Waals surface area contributed by atoms with Crippen LogP contribution in [0, 0.1) is 26.6 Å². The third kappa shape index (κ3) is 4.54. The molecule has 0 aliphatic rings. The minimum Gasteiger partial charge on any atom is -0.481 e. The van der Waals surface area contributed by atoms with E-state index >= 15 is 0 Å². The van der Waals surface area contributed by atoms with Gasteiger partial charge in [-0.25, -0.2) is 9.18 Å². The molecule has 0 unspecified atom stereocenters. The van der Waals surface area contributed by atoms with E-state index < -0.39 is 12.1 Å². The Kier molecular flexibility index (Phi) is 5.73. The molecule has 3 aromatic rings. The number of esters is 1. The van der Waals surface area contributed by atoms with Crippen LogP contribution in [0.2, 0.25) is 0 Å². The molecule has 6 nitrogen and oxygen atoms in total. The van der Waals surface area contributed by atoms with Gasteiger partial charge in [0, 0.05) is 5.56 Å². The summed E-state index contributed by atoms with van der Waals surface area (Å²) in [6, 6.07) is 9.65. The molecule has 0 aliphatic heterocycles. The van der Waals surface area contributed by atoms with Crippen LogP contribution in [0.3, 0.4) is 0 Å². The molecule has 0 bridgehead atoms. The zero-order valence-corrected chi connectivity index (χ0v) is 16.2. The molecule has 0 aliphatic carbocycles. The van der Waals surface area contributed by atoms with Crippen LogP contribution in [0.4, 0.5) is 4.39 Å². The molecule has 0 N–H and O–H groups in total. The largest absolute Gasteiger partial charge is 0.481 e. The van der Waals surface area contributed by atoms with E-state index in [1.807, 2.05) is 32.9 Å². The normalized spacial score (nSPS) is 11.9. The first kappa shape index (κ1) is 19.5. The van der Waals surface area contributed by atoms with E-state index in [-0.39, 0.29) is 24.2 Å². The van der Waals surface area contributed by atoms with E-state index in [1.165, 1.54) is 24.3 Å². The summed E-state index contributed by atoms with van der Waals surface area (Å²) in [5.74, 6) is 0.139. The van der Waals surface area contributed by atoms with Crippen LogP contribution in [0.25, 0.3) is 11.5 Å². The topological polar surface area (TPSA) is 74.5 Å². The van der Waals surface area contributed by atoms with Gasteiger partial charge in [0.25, 0.3) is 5.89 Å². The molecule has 0 fully saturated rings. The molecule has 0 spiro atoms. The number of aromatic nitrogens is 2. The monoisotopic (exact) mass is 384 g/mol. The zero-order valence-electron chi connectivity index (χ0n) is 16.2. The Morgan fingerprint density at radius 3 is 2.39 bits per heavy atom. The molecule has 1 aromatic heterocycles. The van der Waals surface area contributed by atoms with Crippen molar-refractivity contribution in [1.29, 1.82) is 0 Å². The molecular weight excluding hydrogens is 363 g/mol. The van der Waals surface area contributed by atoms with E-state index in [0.717, 1.165) is 16.7 Å². The van der Waals surface area contributed by atoms with Crippen LogP contribution in [0.1, 0.15) is 35.6 Å². The number of halogens is 1. The summed E-state index contributed by atoms with van der Waals surface area (Å²) in [6.07, 6.45) is -0.738. The maximum Gasteiger partial charge on any atom is 0.344 e. The number of rotatable bonds is 6. The molecule has 0 saturated heterocycles. The van der Waals surface area contributed by atoms with E-state index in [1.54, 1.807) is 6.92 Å². The second-order valence-electron chi connectivity index (χ2n) is 6.60. The molecule has 2 aromatic carbocycles. The Hall–Kier alpha value is -3.22. The molecule has 0 radical (unpaired) electrons. The number of ether oxygens (including phenoxy) is 2. The predicted molar refractivity (Wildman–Crippen MR) is 100 cm³/mol. The summed E-state index contributed by atoms with van der Waals surface area (Å²) in [4.78, 5) is 12.1. The Bertz CT molecular complexity index is 959. The van der Waals surface area contributed by atoms with E-state index in [9.17, 15) is 9.18 Å². The first-order valence-corrected chi connectivity index (χ1v) is 8.83. The first-order valence-electron chi connectivity index (χ1n) is 8.83. The Balaban J connectivity index is 1.60. The molecule has 1 atom stereocenters. The second kappa shape index (κ2) is 8.21. The number of hydrogen-bond donors (Lipinski definition) is 0. The number of hydrogen-bond acceptors (Lipinski definition) is 6. The lowest BCUT2D eigenvalue weighted by Crippen LogP contribution is -2.17. The summed E-state index contributed by atoms with van der Waals surface area (Å²) in [6.45, 7) is 7.26. The minimum atomic E-state index is -0.738. The molecule has 1 heterocycles. The molecule has 7 heteroatoms. The fourth-order valence-corrected chi connectivity index (χ4v) is 2.92. The number of benzene rings is 2. The van der Waals surface area contributed by atoms with Gasteiger partial charge in [-0.1, -0.05) is 17.7 Å². The van der Waals surface area contributed by atoms with Crippen LogP contribution in [-0.4, -0.2) is 22.8 Å². The zero-order chi connectivity index (χ0) is 20.3. The number of carbonyl (C=O) groups is 1. The highest BCUT2D eigenvalue weighted by atomic mass is 19.1. The highest BCUT2D eigenvalue weighted by molar-refractivity contribution is 5.71. The van der Waals surface area contributed by atoms with Gasteiger partial charge in [-0.05, 0) is 63.1 Å². The number of aryl methyl sites for hydroxylation is 3. The van der Waals surface area contributed by atoms with Gasteiger partial charge in [-0.15, -0.1) is 10.2 Å². The molecule has 0 saturated carbocycles. The summed E-state index contributed by atoms with van der Waals surface area (Å²) in [5.41, 5.74) is 3.62. The van der Waals surface area contributed by atoms with Crippen molar-refractivity contribution in [2.45, 2.75) is 33.8 Å². The smallest absolute Gasteiger partial charge is 0.344 e. The maximum absolute atomic E-state index is 13.0. The summed E-state index contributed by atoms with van der Waals surface area (Å²) < 4.78 is 29.5. The van der Waals surface area contributed by atoms with Crippen LogP contribution < -0.4 is 4.74 Å². The average Bonchev–Trinajstić information content (AvgIpc) is 3.11. The average molecular weight is 384 g/mol. The molecule has 146 valence electrons. The summed E-state index contributed by atoms with van der Waals surface area (Å²) in [7, 11) is 0. The first-order chi connectivity index (χ1) is 13.3. The third-order valence-electron chi connectivity index (χ3n) is 4.13. The fraction of sp³-hybridized carbons (Fsp3) is 0.286. The van der Waals surface area contributed by atoms with Gasteiger partial charge < -0.3 is 13.9 Å². The SMILES string of the molecule is Cc1cc(C)c(OCC(=O)O[C@@H](C)c2nnc(-c3ccc(F)cc3)o2)c(C)c1. The highest BCUT2D eigenvalue weighted by Gasteiger charge is 2.20. The van der Waals surface area contributed by atoms with Crippen molar-refractivity contribution in [2.24, 2.45) is 0 Å². The van der Waals surface area contributed by atoms with Gasteiger partial charge in [0.05, 0.1) is 0 Å². The highest BCUT2D eigenvalue weighted by Crippen LogP contribution is 2.25. The van der Waals surface area contributed by atoms with E-state index in [2.05, 4.69) is 10.2 Å². The number of nitrogens with zero attached hydrogens (tertiary/aromatic N) is 2. The lowest BCUT2D eigenvalue weighted by Gasteiger charge is -2.14. The Morgan fingerprint density at radius 2 is 1.75 bits per heavy atom. The van der Waals surface area contributed by atoms with Crippen LogP contribution >= 0.6 is 0 Å². The van der Waals surface area contributed by atoms with Crippen molar-refractivity contribution in [1.82, 2.24) is 10.2 Å². The van der Waals surface area contributed by atoms with Gasteiger partial charge in [0.2, 0.25) is 5.89 Å². The van der Waals surface area contributed by atoms with Gasteiger partial charge in [0.1, 0.15) is 11.6 Å². The van der Waals surface area contributed by atoms with Gasteiger partial charge in [-0.2, -0.15) is 0 Å². The second-order valence-corrected chi connectivity index (χ2v) is 6.60. The van der Waals surface area contributed by atoms with Crippen molar-refractivity contribution in [3.8, 4) is 17.2 Å². The maximum atomic E-state index is 13.0. The molecular formula is C21H21FN2O4. The van der Waals surface area contributed by atoms with Gasteiger partial charge in [-0.3, -0.25) is 0 Å². The lowest BCUT2D eigenvalue weighted by atomic mass is 10.1. The van der Waals surface area contributed by atoms with Crippen LogP contribution in [0.15, 0.2) is 40.8 Å². The van der Waals surface area contributed by atoms with Gasteiger partial charge >= 0.3 is 5.97 Å². The van der Waals surface area contributed by atoms with Crippen molar-refractivity contribution >= 4 is 5.97 Å². The predicted octanol–water partition coefficient (Wildman–Crippen LogP) is 4.48. The van der Waals surface area contributed by atoms with Crippen LogP contribution in [-0.2, 0) is 9.53 Å².